The molecule has 0 unspecified atom stereocenters. The predicted octanol–water partition coefficient (Wildman–Crippen LogP) is 10.4. The summed E-state index contributed by atoms with van der Waals surface area (Å²) in [6, 6.07) is 17.0. The lowest BCUT2D eigenvalue weighted by molar-refractivity contribution is -0.0144. The van der Waals surface area contributed by atoms with Crippen LogP contribution in [0.2, 0.25) is 5.02 Å². The lowest BCUT2D eigenvalue weighted by Gasteiger charge is -2.45. The number of nitrogens with zero attached hydrogens (tertiary/aromatic N) is 5. The summed E-state index contributed by atoms with van der Waals surface area (Å²) in [5.41, 5.74) is -1.24. The number of rotatable bonds is 16. The molecule has 0 radical (unpaired) electrons. The second-order valence-corrected chi connectivity index (χ2v) is 26.3. The average Bonchev–Trinajstić information content (AvgIpc) is 4.51. The summed E-state index contributed by atoms with van der Waals surface area (Å²) in [5.74, 6) is -2.42. The van der Waals surface area contributed by atoms with Gasteiger partial charge in [0.05, 0.1) is 40.6 Å². The minimum atomic E-state index is -4.17. The van der Waals surface area contributed by atoms with Crippen molar-refractivity contribution in [3.63, 3.8) is 0 Å². The molecule has 10 rings (SSSR count). The summed E-state index contributed by atoms with van der Waals surface area (Å²) in [7, 11) is -8.32. The van der Waals surface area contributed by atoms with E-state index >= 15 is 0 Å². The molecule has 0 aromatic heterocycles. The zero-order chi connectivity index (χ0) is 57.0. The van der Waals surface area contributed by atoms with Crippen molar-refractivity contribution in [3.05, 3.63) is 130 Å². The zero-order valence-electron chi connectivity index (χ0n) is 45.0. The maximum absolute atomic E-state index is 14.3. The van der Waals surface area contributed by atoms with E-state index in [1.807, 2.05) is 0 Å². The molecule has 4 saturated heterocycles. The van der Waals surface area contributed by atoms with Gasteiger partial charge in [-0.25, -0.2) is 44.0 Å². The van der Waals surface area contributed by atoms with Crippen molar-refractivity contribution in [2.24, 2.45) is 5.92 Å². The number of halogens is 5. The lowest BCUT2D eigenvalue weighted by atomic mass is 9.90. The van der Waals surface area contributed by atoms with E-state index in [-0.39, 0.29) is 40.5 Å². The highest BCUT2D eigenvalue weighted by atomic mass is 35.5. The van der Waals surface area contributed by atoms with Crippen LogP contribution in [-0.2, 0) is 29.5 Å². The molecule has 6 aliphatic rings. The van der Waals surface area contributed by atoms with E-state index in [0.717, 1.165) is 56.1 Å². The van der Waals surface area contributed by atoms with E-state index < -0.39 is 90.9 Å². The molecule has 2 N–H and O–H groups in total. The van der Waals surface area contributed by atoms with E-state index in [1.165, 1.54) is 57.1 Å². The van der Waals surface area contributed by atoms with Crippen molar-refractivity contribution in [1.29, 1.82) is 0 Å². The Labute approximate surface area is 471 Å². The second-order valence-electron chi connectivity index (χ2n) is 22.2. The number of carbonyl (C=O) groups excluding carboxylic acids is 2. The van der Waals surface area contributed by atoms with Crippen molar-refractivity contribution in [2.75, 3.05) is 52.5 Å². The number of benzene rings is 4. The van der Waals surface area contributed by atoms with Gasteiger partial charge < -0.3 is 29.5 Å². The van der Waals surface area contributed by atoms with Gasteiger partial charge in [-0.2, -0.15) is 8.61 Å². The van der Waals surface area contributed by atoms with Crippen LogP contribution in [0.3, 0.4) is 0 Å². The van der Waals surface area contributed by atoms with Crippen LogP contribution in [0.4, 0.5) is 27.2 Å². The SMILES string of the molecule is CCCN(CCO)C1CCN(C(=O)OC2([C@H]3CCC[C@@H](c4cccc(F)c4)N3S(=O)(=O)c3ccc(F)cc3)CC2)CC1.O=C(OC1([C@H]2CCC[C@@H](c3cc(F)cc(F)c3)N2S(=O)(=O)c2ccc(Cl)cc2)CC1)N1CCC(CO)CC1. The monoisotopic (exact) mass is 1170 g/mol. The van der Waals surface area contributed by atoms with Crippen LogP contribution in [0, 0.1) is 29.2 Å². The van der Waals surface area contributed by atoms with Crippen molar-refractivity contribution in [1.82, 2.24) is 23.3 Å². The topological polar surface area (TPSA) is 178 Å². The fourth-order valence-corrected chi connectivity index (χ4v) is 16.5. The fourth-order valence-electron chi connectivity index (χ4n) is 12.5. The van der Waals surface area contributed by atoms with Crippen molar-refractivity contribution in [3.8, 4) is 0 Å². The van der Waals surface area contributed by atoms with E-state index in [4.69, 9.17) is 21.1 Å². The molecule has 2 saturated carbocycles. The quantitative estimate of drug-likeness (QED) is 0.102. The van der Waals surface area contributed by atoms with Crippen LogP contribution < -0.4 is 0 Å². The summed E-state index contributed by atoms with van der Waals surface area (Å²) < 4.78 is 128. The van der Waals surface area contributed by atoms with Gasteiger partial charge in [-0.15, -0.1) is 0 Å². The molecule has 22 heteroatoms. The maximum Gasteiger partial charge on any atom is 0.410 e. The Bertz CT molecular complexity index is 2990. The molecular weight excluding hydrogens is 1100 g/mol. The van der Waals surface area contributed by atoms with E-state index in [9.17, 15) is 54.2 Å². The molecule has 2 aliphatic carbocycles. The van der Waals surface area contributed by atoms with Crippen molar-refractivity contribution >= 4 is 43.8 Å². The van der Waals surface area contributed by atoms with Crippen LogP contribution >= 0.6 is 11.6 Å². The Balaban J connectivity index is 0.000000195. The van der Waals surface area contributed by atoms with Crippen molar-refractivity contribution < 1.29 is 63.7 Å². The molecule has 2 amide bonds. The smallest absolute Gasteiger partial charge is 0.410 e. The third-order valence-corrected chi connectivity index (χ3v) is 21.1. The first-order valence-electron chi connectivity index (χ1n) is 28.0. The van der Waals surface area contributed by atoms with Gasteiger partial charge in [0.1, 0.15) is 34.5 Å². The first-order valence-corrected chi connectivity index (χ1v) is 31.3. The molecule has 4 aromatic carbocycles. The lowest BCUT2D eigenvalue weighted by Crippen LogP contribution is -2.55. The highest BCUT2D eigenvalue weighted by Gasteiger charge is 2.62. The normalized spacial score (nSPS) is 23.7. The van der Waals surface area contributed by atoms with Crippen LogP contribution in [0.15, 0.2) is 101 Å². The van der Waals surface area contributed by atoms with Gasteiger partial charge in [0, 0.05) is 56.5 Å². The highest BCUT2D eigenvalue weighted by molar-refractivity contribution is 7.89. The number of hydrogen-bond donors (Lipinski definition) is 2. The molecule has 6 fully saturated rings. The molecule has 4 atom stereocenters. The van der Waals surface area contributed by atoms with Gasteiger partial charge >= 0.3 is 12.2 Å². The van der Waals surface area contributed by atoms with Gasteiger partial charge in [-0.1, -0.05) is 30.7 Å². The third-order valence-electron chi connectivity index (χ3n) is 17.0. The van der Waals surface area contributed by atoms with Crippen molar-refractivity contribution in [2.45, 2.75) is 154 Å². The summed E-state index contributed by atoms with van der Waals surface area (Å²) >= 11 is 6.00. The number of aliphatic hydroxyl groups excluding tert-OH is 2. The second kappa shape index (κ2) is 25.3. The average molecular weight is 1170 g/mol. The number of sulfonamides is 2. The Hall–Kier alpha value is -4.87. The molecule has 4 heterocycles. The first-order chi connectivity index (χ1) is 38.3. The van der Waals surface area contributed by atoms with Crippen LogP contribution in [0.1, 0.15) is 126 Å². The Morgan fingerprint density at radius 3 is 1.54 bits per heavy atom. The standard InChI is InChI=1S/C31H41F2N3O5S.C27H31ClF2N2O5S/c1-2-17-34(20-21-37)26-13-18-35(19-14-26)30(38)41-31(15-16-31)29-8-4-7-28(23-5-3-6-25(33)22-23)36(29)42(39,40)27-11-9-24(32)10-12-27;28-20-4-6-23(7-5-20)38(35,36)32-24(19-14-21(29)16-22(30)15-19)2-1-3-25(32)27(10-11-27)37-26(34)31-12-8-18(17-33)9-13-31/h3,5-6,9-12,22,26,28-29,37H,2,4,7-8,13-21H2,1H3;4-7,14-16,18,24-25,33H,1-3,8-13,17H2/t28-,29+;24-,25+/m00/s1. The summed E-state index contributed by atoms with van der Waals surface area (Å²) in [6.45, 7) is 5.76. The van der Waals surface area contributed by atoms with Gasteiger partial charge in [0.25, 0.3) is 0 Å². The summed E-state index contributed by atoms with van der Waals surface area (Å²) in [5, 5.41) is 19.2. The van der Waals surface area contributed by atoms with E-state index in [2.05, 4.69) is 11.8 Å². The Morgan fingerprint density at radius 1 is 0.600 bits per heavy atom. The largest absolute Gasteiger partial charge is 0.441 e. The molecule has 436 valence electrons. The Kier molecular flexibility index (Phi) is 18.9. The van der Waals surface area contributed by atoms with Crippen LogP contribution in [-0.4, -0.2) is 144 Å². The minimum Gasteiger partial charge on any atom is -0.441 e. The van der Waals surface area contributed by atoms with E-state index in [0.29, 0.717) is 120 Å². The molecular formula is C58H72ClF4N5O10S2. The molecule has 80 heavy (non-hydrogen) atoms. The summed E-state index contributed by atoms with van der Waals surface area (Å²) in [6.07, 6.45) is 8.07. The summed E-state index contributed by atoms with van der Waals surface area (Å²) in [4.78, 5) is 32.2. The molecule has 15 nitrogen and oxygen atoms in total. The molecule has 0 spiro atoms. The molecule has 4 aliphatic heterocycles. The third kappa shape index (κ3) is 13.3. The van der Waals surface area contributed by atoms with Gasteiger partial charge in [-0.3, -0.25) is 4.90 Å². The highest BCUT2D eigenvalue weighted by Crippen LogP contribution is 2.54. The number of carbonyl (C=O) groups is 2. The Morgan fingerprint density at radius 2 is 1.07 bits per heavy atom. The van der Waals surface area contributed by atoms with Crippen LogP contribution in [0.5, 0.6) is 0 Å². The number of hydrogen-bond acceptors (Lipinski definition) is 11. The fraction of sp³-hybridized carbons (Fsp3) is 0.552. The number of aliphatic hydroxyl groups is 2. The maximum atomic E-state index is 14.3. The zero-order valence-corrected chi connectivity index (χ0v) is 47.4. The van der Waals surface area contributed by atoms with Gasteiger partial charge in [0.15, 0.2) is 0 Å². The predicted molar refractivity (Wildman–Crippen MR) is 291 cm³/mol. The number of amides is 2. The minimum absolute atomic E-state index is 0.00359. The van der Waals surface area contributed by atoms with Gasteiger partial charge in [0.2, 0.25) is 20.0 Å². The molecule has 0 bridgehead atoms. The number of piperidine rings is 4. The first kappa shape index (κ1) is 59.7. The number of ether oxygens (including phenoxy) is 2. The van der Waals surface area contributed by atoms with Gasteiger partial charge in [-0.05, 0) is 193 Å². The van der Waals surface area contributed by atoms with E-state index in [1.54, 1.807) is 21.9 Å². The molecule has 4 aromatic rings. The van der Waals surface area contributed by atoms with Crippen LogP contribution in [0.25, 0.3) is 0 Å². The number of likely N-dealkylation sites (tertiary alicyclic amines) is 2.